The van der Waals surface area contributed by atoms with Crippen LogP contribution in [0.2, 0.25) is 0 Å². The summed E-state index contributed by atoms with van der Waals surface area (Å²) in [4.78, 5) is 40.1. The molecule has 11 nitrogen and oxygen atoms in total. The number of rotatable bonds is 16. The highest BCUT2D eigenvalue weighted by Crippen LogP contribution is 2.06. The van der Waals surface area contributed by atoms with Crippen molar-refractivity contribution in [2.45, 2.75) is 56.7 Å². The summed E-state index contributed by atoms with van der Waals surface area (Å²) in [6.45, 7) is 0.802. The van der Waals surface area contributed by atoms with Crippen LogP contribution in [0.25, 0.3) is 0 Å². The Labute approximate surface area is 175 Å². The lowest BCUT2D eigenvalue weighted by molar-refractivity contribution is -0.142. The Kier molecular flexibility index (Phi) is 14.7. The summed E-state index contributed by atoms with van der Waals surface area (Å²) in [5.41, 5.74) is 21.8. The molecule has 0 radical (unpaired) electrons. The molecular weight excluding hydrogens is 398 g/mol. The molecule has 168 valence electrons. The molecule has 29 heavy (non-hydrogen) atoms. The van der Waals surface area contributed by atoms with Gasteiger partial charge in [0.05, 0.1) is 6.04 Å². The van der Waals surface area contributed by atoms with Crippen molar-refractivity contribution in [1.82, 2.24) is 10.6 Å². The fraction of sp³-hybridized carbons (Fsp3) is 0.765. The van der Waals surface area contributed by atoms with Crippen LogP contribution in [0.15, 0.2) is 4.99 Å². The number of nitrogens with one attached hydrogen (secondary N) is 2. The molecule has 0 spiro atoms. The lowest BCUT2D eigenvalue weighted by Crippen LogP contribution is -2.54. The maximum absolute atomic E-state index is 12.6. The second kappa shape index (κ2) is 15.8. The maximum atomic E-state index is 12.6. The predicted octanol–water partition coefficient (Wildman–Crippen LogP) is -1.70. The number of unbranched alkanes of at least 4 members (excludes halogenated alkanes) is 1. The second-order valence-electron chi connectivity index (χ2n) is 6.58. The van der Waals surface area contributed by atoms with E-state index in [2.05, 4.69) is 15.6 Å². The van der Waals surface area contributed by atoms with Crippen LogP contribution < -0.4 is 33.6 Å². The first-order chi connectivity index (χ1) is 13.7. The number of nitrogens with two attached hydrogens (primary N) is 4. The molecule has 0 unspecified atom stereocenters. The van der Waals surface area contributed by atoms with Gasteiger partial charge < -0.3 is 38.7 Å². The van der Waals surface area contributed by atoms with E-state index in [4.69, 9.17) is 22.9 Å². The quantitative estimate of drug-likeness (QED) is 0.0838. The minimum Gasteiger partial charge on any atom is -0.480 e. The Morgan fingerprint density at radius 2 is 1.66 bits per heavy atom. The summed E-state index contributed by atoms with van der Waals surface area (Å²) >= 11 is 1.51. The lowest BCUT2D eigenvalue weighted by atomic mass is 10.1. The summed E-state index contributed by atoms with van der Waals surface area (Å²) in [6.07, 6.45) is 4.60. The molecule has 0 saturated heterocycles. The smallest absolute Gasteiger partial charge is 0.326 e. The number of hydrogen-bond donors (Lipinski definition) is 7. The van der Waals surface area contributed by atoms with E-state index in [0.717, 1.165) is 0 Å². The van der Waals surface area contributed by atoms with Crippen molar-refractivity contribution in [3.8, 4) is 0 Å². The van der Waals surface area contributed by atoms with Gasteiger partial charge in [0, 0.05) is 6.54 Å². The zero-order chi connectivity index (χ0) is 22.2. The fourth-order valence-corrected chi connectivity index (χ4v) is 2.93. The van der Waals surface area contributed by atoms with Crippen molar-refractivity contribution in [1.29, 1.82) is 0 Å². The highest BCUT2D eigenvalue weighted by Gasteiger charge is 2.27. The molecule has 0 bridgehead atoms. The molecule has 0 aromatic carbocycles. The molecule has 0 aliphatic heterocycles. The van der Waals surface area contributed by atoms with Crippen molar-refractivity contribution >= 4 is 35.5 Å². The number of guanidine groups is 1. The highest BCUT2D eigenvalue weighted by atomic mass is 32.2. The largest absolute Gasteiger partial charge is 0.480 e. The zero-order valence-corrected chi connectivity index (χ0v) is 17.7. The van der Waals surface area contributed by atoms with Crippen molar-refractivity contribution in [2.24, 2.45) is 27.9 Å². The maximum Gasteiger partial charge on any atom is 0.326 e. The number of carbonyl (C=O) groups excluding carboxylic acids is 2. The van der Waals surface area contributed by atoms with Gasteiger partial charge in [0.2, 0.25) is 11.8 Å². The molecule has 0 fully saturated rings. The van der Waals surface area contributed by atoms with Gasteiger partial charge in [-0.15, -0.1) is 0 Å². The number of thioether (sulfide) groups is 1. The summed E-state index contributed by atoms with van der Waals surface area (Å²) in [6, 6.07) is -2.72. The number of carbonyl (C=O) groups is 3. The van der Waals surface area contributed by atoms with Crippen molar-refractivity contribution in [3.05, 3.63) is 0 Å². The fourth-order valence-electron chi connectivity index (χ4n) is 2.46. The molecule has 3 atom stereocenters. The number of hydrogen-bond acceptors (Lipinski definition) is 7. The molecule has 0 aromatic heterocycles. The molecule has 0 aliphatic carbocycles. The molecule has 0 heterocycles. The van der Waals surface area contributed by atoms with E-state index in [1.807, 2.05) is 6.26 Å². The molecule has 0 aliphatic rings. The van der Waals surface area contributed by atoms with Crippen LogP contribution in [0.3, 0.4) is 0 Å². The van der Waals surface area contributed by atoms with Crippen LogP contribution >= 0.6 is 11.8 Å². The zero-order valence-electron chi connectivity index (χ0n) is 16.9. The second-order valence-corrected chi connectivity index (χ2v) is 7.57. The molecule has 0 aromatic rings. The first-order valence-electron chi connectivity index (χ1n) is 9.56. The van der Waals surface area contributed by atoms with Crippen LogP contribution in [-0.2, 0) is 14.4 Å². The van der Waals surface area contributed by atoms with Crippen LogP contribution in [0.5, 0.6) is 0 Å². The topological polar surface area (TPSA) is 212 Å². The van der Waals surface area contributed by atoms with E-state index in [0.29, 0.717) is 50.9 Å². The first kappa shape index (κ1) is 27.0. The van der Waals surface area contributed by atoms with Crippen molar-refractivity contribution in [3.63, 3.8) is 0 Å². The predicted molar refractivity (Wildman–Crippen MR) is 115 cm³/mol. The van der Waals surface area contributed by atoms with E-state index in [9.17, 15) is 19.5 Å². The third-order valence-corrected chi connectivity index (χ3v) is 4.75. The van der Waals surface area contributed by atoms with E-state index in [1.165, 1.54) is 11.8 Å². The van der Waals surface area contributed by atoms with Gasteiger partial charge in [-0.3, -0.25) is 14.6 Å². The highest BCUT2D eigenvalue weighted by molar-refractivity contribution is 7.98. The Hall–Kier alpha value is -2.05. The van der Waals surface area contributed by atoms with Crippen molar-refractivity contribution < 1.29 is 19.5 Å². The molecule has 11 N–H and O–H groups in total. The van der Waals surface area contributed by atoms with Crippen LogP contribution in [-0.4, -0.2) is 72.1 Å². The van der Waals surface area contributed by atoms with Gasteiger partial charge in [-0.25, -0.2) is 4.79 Å². The standard InChI is InChI=1S/C17H35N7O4S/c1-29-10-7-12(15(26)24-13(16(27)28)6-2-3-8-18)23-14(25)11(19)5-4-9-22-17(20)21/h11-13H,2-10,18-19H2,1H3,(H,23,25)(H,24,26)(H,27,28)(H4,20,21,22)/t11-,12-,13-/m0/s1. The minimum absolute atomic E-state index is 0.0312. The number of aliphatic imine (C=N–C) groups is 1. The van der Waals surface area contributed by atoms with Gasteiger partial charge in [0.1, 0.15) is 12.1 Å². The third kappa shape index (κ3) is 12.9. The van der Waals surface area contributed by atoms with Crippen LogP contribution in [0.4, 0.5) is 0 Å². The van der Waals surface area contributed by atoms with E-state index in [1.54, 1.807) is 0 Å². The van der Waals surface area contributed by atoms with Gasteiger partial charge in [0.25, 0.3) is 0 Å². The lowest BCUT2D eigenvalue weighted by Gasteiger charge is -2.22. The molecule has 0 saturated carbocycles. The first-order valence-corrected chi connectivity index (χ1v) is 11.0. The monoisotopic (exact) mass is 433 g/mol. The number of carboxylic acid groups (broad SMARTS) is 1. The SMILES string of the molecule is CSCC[C@H](NC(=O)[C@@H](N)CCCN=C(N)N)C(=O)N[C@@H](CCCCN)C(=O)O. The number of nitrogens with zero attached hydrogens (tertiary/aromatic N) is 1. The normalized spacial score (nSPS) is 13.8. The average Bonchev–Trinajstić information content (AvgIpc) is 2.66. The molecular formula is C17H35N7O4S. The Bertz CT molecular complexity index is 544. The average molecular weight is 434 g/mol. The summed E-state index contributed by atoms with van der Waals surface area (Å²) in [5.74, 6) is -1.56. The summed E-state index contributed by atoms with van der Waals surface area (Å²) in [5, 5.41) is 14.5. The van der Waals surface area contributed by atoms with Crippen LogP contribution in [0.1, 0.15) is 38.5 Å². The van der Waals surface area contributed by atoms with Gasteiger partial charge in [-0.05, 0) is 57.1 Å². The van der Waals surface area contributed by atoms with E-state index >= 15 is 0 Å². The van der Waals surface area contributed by atoms with Gasteiger partial charge in [-0.2, -0.15) is 11.8 Å². The van der Waals surface area contributed by atoms with E-state index in [-0.39, 0.29) is 12.4 Å². The minimum atomic E-state index is -1.12. The Morgan fingerprint density at radius 1 is 1.00 bits per heavy atom. The molecule has 0 rings (SSSR count). The number of carboxylic acids is 1. The van der Waals surface area contributed by atoms with Gasteiger partial charge in [0.15, 0.2) is 5.96 Å². The summed E-state index contributed by atoms with van der Waals surface area (Å²) in [7, 11) is 0. The Balaban J connectivity index is 4.81. The number of amides is 2. The molecule has 12 heteroatoms. The van der Waals surface area contributed by atoms with E-state index < -0.39 is 35.9 Å². The molecule has 2 amide bonds. The van der Waals surface area contributed by atoms with Crippen LogP contribution in [0, 0.1) is 0 Å². The summed E-state index contributed by atoms with van der Waals surface area (Å²) < 4.78 is 0. The third-order valence-electron chi connectivity index (χ3n) is 4.11. The van der Waals surface area contributed by atoms with Gasteiger partial charge >= 0.3 is 5.97 Å². The van der Waals surface area contributed by atoms with Gasteiger partial charge in [-0.1, -0.05) is 0 Å². The number of aliphatic carboxylic acids is 1. The van der Waals surface area contributed by atoms with Crippen molar-refractivity contribution in [2.75, 3.05) is 25.1 Å². The Morgan fingerprint density at radius 3 is 2.21 bits per heavy atom.